The molecule has 0 aromatic carbocycles. The fraction of sp³-hybridized carbons (Fsp3) is 0.923. The summed E-state index contributed by atoms with van der Waals surface area (Å²) in [5.74, 6) is 0.497. The lowest BCUT2D eigenvalue weighted by Crippen LogP contribution is -2.44. The van der Waals surface area contributed by atoms with Crippen LogP contribution in [-0.2, 0) is 4.79 Å². The molecule has 2 aliphatic rings. The van der Waals surface area contributed by atoms with E-state index in [-0.39, 0.29) is 11.9 Å². The highest BCUT2D eigenvalue weighted by atomic mass is 16.1. The molecule has 2 aliphatic heterocycles. The Morgan fingerprint density at radius 2 is 2.18 bits per heavy atom. The molecule has 0 bridgehead atoms. The van der Waals surface area contributed by atoms with Gasteiger partial charge in [0.25, 0.3) is 0 Å². The van der Waals surface area contributed by atoms with Crippen molar-refractivity contribution in [2.24, 2.45) is 11.7 Å². The zero-order valence-corrected chi connectivity index (χ0v) is 11.0. The van der Waals surface area contributed by atoms with E-state index < -0.39 is 0 Å². The quantitative estimate of drug-likeness (QED) is 0.760. The van der Waals surface area contributed by atoms with Gasteiger partial charge in [-0.3, -0.25) is 9.69 Å². The number of hydrogen-bond donors (Lipinski definition) is 2. The van der Waals surface area contributed by atoms with Gasteiger partial charge in [0.05, 0.1) is 0 Å². The van der Waals surface area contributed by atoms with Gasteiger partial charge < -0.3 is 11.1 Å². The molecule has 0 saturated carbocycles. The van der Waals surface area contributed by atoms with E-state index in [0.717, 1.165) is 13.0 Å². The largest absolute Gasteiger partial charge is 0.352 e. The molecule has 0 aromatic rings. The van der Waals surface area contributed by atoms with Crippen LogP contribution in [0.4, 0.5) is 0 Å². The topological polar surface area (TPSA) is 58.4 Å². The summed E-state index contributed by atoms with van der Waals surface area (Å²) in [7, 11) is 0. The Balaban J connectivity index is 1.79. The third-order valence-electron chi connectivity index (χ3n) is 4.23. The molecular formula is C13H25N3O. The zero-order chi connectivity index (χ0) is 12.4. The Morgan fingerprint density at radius 1 is 1.41 bits per heavy atom. The Kier molecular flexibility index (Phi) is 4.05. The zero-order valence-electron chi connectivity index (χ0n) is 11.0. The van der Waals surface area contributed by atoms with Crippen molar-refractivity contribution in [1.29, 1.82) is 0 Å². The summed E-state index contributed by atoms with van der Waals surface area (Å²) in [5, 5.41) is 3.18. The van der Waals surface area contributed by atoms with Crippen LogP contribution in [-0.4, -0.2) is 42.0 Å². The molecule has 4 heteroatoms. The maximum atomic E-state index is 11.9. The van der Waals surface area contributed by atoms with Gasteiger partial charge in [-0.1, -0.05) is 13.8 Å². The van der Waals surface area contributed by atoms with E-state index in [9.17, 15) is 4.79 Å². The number of amides is 1. The van der Waals surface area contributed by atoms with Crippen LogP contribution in [0.15, 0.2) is 0 Å². The molecule has 3 unspecified atom stereocenters. The minimum Gasteiger partial charge on any atom is -0.352 e. The lowest BCUT2D eigenvalue weighted by molar-refractivity contribution is -0.122. The molecule has 0 radical (unpaired) electrons. The molecule has 3 atom stereocenters. The van der Waals surface area contributed by atoms with Crippen LogP contribution in [0, 0.1) is 5.92 Å². The van der Waals surface area contributed by atoms with Gasteiger partial charge in [-0.2, -0.15) is 0 Å². The molecule has 2 heterocycles. The third-order valence-corrected chi connectivity index (χ3v) is 4.23. The number of hydrogen-bond acceptors (Lipinski definition) is 3. The average Bonchev–Trinajstić information content (AvgIpc) is 2.82. The number of nitrogens with zero attached hydrogens (tertiary/aromatic N) is 1. The van der Waals surface area contributed by atoms with Gasteiger partial charge >= 0.3 is 0 Å². The minimum atomic E-state index is -0.0175. The number of carbonyl (C=O) groups is 1. The minimum absolute atomic E-state index is 0.0175. The Labute approximate surface area is 104 Å². The predicted octanol–water partition coefficient (Wildman–Crippen LogP) is 0.713. The summed E-state index contributed by atoms with van der Waals surface area (Å²) in [6, 6.07) is 0.940. The number of carbonyl (C=O) groups excluding carboxylic acids is 1. The first-order valence-corrected chi connectivity index (χ1v) is 6.87. The highest BCUT2D eigenvalue weighted by Crippen LogP contribution is 2.27. The van der Waals surface area contributed by atoms with Gasteiger partial charge in [0.1, 0.15) is 0 Å². The second-order valence-corrected chi connectivity index (χ2v) is 5.82. The van der Waals surface area contributed by atoms with Gasteiger partial charge in [0.2, 0.25) is 5.91 Å². The van der Waals surface area contributed by atoms with Crippen molar-refractivity contribution < 1.29 is 4.79 Å². The summed E-state index contributed by atoms with van der Waals surface area (Å²) < 4.78 is 0. The molecule has 98 valence electrons. The summed E-state index contributed by atoms with van der Waals surface area (Å²) in [6.07, 6.45) is 4.08. The van der Waals surface area contributed by atoms with Gasteiger partial charge in [-0.25, -0.2) is 0 Å². The Hall–Kier alpha value is -0.610. The standard InChI is InChI=1S/C13H25N3O/c1-9(2)10(14)8-13(17)15-11-5-7-16-6-3-4-12(11)16/h9-12H,3-8,14H2,1-2H3,(H,15,17). The number of nitrogens with one attached hydrogen (secondary N) is 1. The van der Waals surface area contributed by atoms with Gasteiger partial charge in [0.15, 0.2) is 0 Å². The van der Waals surface area contributed by atoms with Crippen LogP contribution >= 0.6 is 0 Å². The van der Waals surface area contributed by atoms with E-state index in [1.54, 1.807) is 0 Å². The summed E-state index contributed by atoms with van der Waals surface area (Å²) in [4.78, 5) is 14.4. The Bertz CT molecular complexity index is 280. The molecular weight excluding hydrogens is 214 g/mol. The fourth-order valence-corrected chi connectivity index (χ4v) is 2.97. The van der Waals surface area contributed by atoms with Crippen molar-refractivity contribution in [3.05, 3.63) is 0 Å². The number of fused-ring (bicyclic) bond motifs is 1. The SMILES string of the molecule is CC(C)C(N)CC(=O)NC1CCN2CCCC12. The first-order valence-electron chi connectivity index (χ1n) is 6.87. The van der Waals surface area contributed by atoms with Crippen molar-refractivity contribution in [1.82, 2.24) is 10.2 Å². The molecule has 4 nitrogen and oxygen atoms in total. The highest BCUT2D eigenvalue weighted by Gasteiger charge is 2.37. The molecule has 2 saturated heterocycles. The first kappa shape index (κ1) is 12.8. The molecule has 0 aliphatic carbocycles. The van der Waals surface area contributed by atoms with Crippen molar-refractivity contribution >= 4 is 5.91 Å². The van der Waals surface area contributed by atoms with Crippen LogP contribution in [0.25, 0.3) is 0 Å². The molecule has 2 fully saturated rings. The molecule has 17 heavy (non-hydrogen) atoms. The van der Waals surface area contributed by atoms with E-state index >= 15 is 0 Å². The van der Waals surface area contributed by atoms with E-state index in [2.05, 4.69) is 24.1 Å². The van der Waals surface area contributed by atoms with Crippen molar-refractivity contribution in [3.8, 4) is 0 Å². The second-order valence-electron chi connectivity index (χ2n) is 5.82. The maximum Gasteiger partial charge on any atom is 0.221 e. The summed E-state index contributed by atoms with van der Waals surface area (Å²) >= 11 is 0. The average molecular weight is 239 g/mol. The van der Waals surface area contributed by atoms with Crippen LogP contribution in [0.3, 0.4) is 0 Å². The number of rotatable bonds is 4. The summed E-state index contributed by atoms with van der Waals surface area (Å²) in [5.41, 5.74) is 5.93. The molecule has 2 rings (SSSR count). The number of nitrogens with two attached hydrogens (primary N) is 1. The molecule has 0 aromatic heterocycles. The molecule has 0 spiro atoms. The fourth-order valence-electron chi connectivity index (χ4n) is 2.97. The molecule has 3 N–H and O–H groups in total. The van der Waals surface area contributed by atoms with Gasteiger partial charge in [-0.05, 0) is 31.7 Å². The lowest BCUT2D eigenvalue weighted by Gasteiger charge is -2.22. The van der Waals surface area contributed by atoms with Crippen molar-refractivity contribution in [2.45, 2.75) is 57.7 Å². The van der Waals surface area contributed by atoms with Crippen LogP contribution in [0.5, 0.6) is 0 Å². The van der Waals surface area contributed by atoms with E-state index in [0.29, 0.717) is 24.4 Å². The third kappa shape index (κ3) is 2.99. The van der Waals surface area contributed by atoms with Crippen LogP contribution in [0.1, 0.15) is 39.5 Å². The second kappa shape index (κ2) is 5.36. The van der Waals surface area contributed by atoms with Crippen molar-refractivity contribution in [2.75, 3.05) is 13.1 Å². The van der Waals surface area contributed by atoms with E-state index in [4.69, 9.17) is 5.73 Å². The molecule has 1 amide bonds. The van der Waals surface area contributed by atoms with Gasteiger partial charge in [-0.15, -0.1) is 0 Å². The normalized spacial score (nSPS) is 30.6. The predicted molar refractivity (Wildman–Crippen MR) is 68.6 cm³/mol. The Morgan fingerprint density at radius 3 is 2.88 bits per heavy atom. The monoisotopic (exact) mass is 239 g/mol. The van der Waals surface area contributed by atoms with Gasteiger partial charge in [0, 0.05) is 31.1 Å². The lowest BCUT2D eigenvalue weighted by atomic mass is 10.0. The summed E-state index contributed by atoms with van der Waals surface area (Å²) in [6.45, 7) is 6.48. The van der Waals surface area contributed by atoms with Crippen LogP contribution < -0.4 is 11.1 Å². The van der Waals surface area contributed by atoms with E-state index in [1.165, 1.54) is 19.4 Å². The van der Waals surface area contributed by atoms with E-state index in [1.807, 2.05) is 0 Å². The maximum absolute atomic E-state index is 11.9. The first-order chi connectivity index (χ1) is 8.08. The highest BCUT2D eigenvalue weighted by molar-refractivity contribution is 5.77. The van der Waals surface area contributed by atoms with Crippen molar-refractivity contribution in [3.63, 3.8) is 0 Å². The smallest absolute Gasteiger partial charge is 0.221 e. The van der Waals surface area contributed by atoms with Crippen LogP contribution in [0.2, 0.25) is 0 Å².